The van der Waals surface area contributed by atoms with E-state index >= 15 is 0 Å². The Labute approximate surface area is 133 Å². The van der Waals surface area contributed by atoms with Gasteiger partial charge in [-0.3, -0.25) is 0 Å². The molecule has 0 saturated heterocycles. The zero-order valence-corrected chi connectivity index (χ0v) is 13.6. The molecule has 0 bridgehead atoms. The Morgan fingerprint density at radius 3 is 2.29 bits per heavy atom. The number of hydrogen-bond acceptors (Lipinski definition) is 3. The molecule has 4 nitrogen and oxygen atoms in total. The molecule has 0 saturated carbocycles. The van der Waals surface area contributed by atoms with Gasteiger partial charge in [0.25, 0.3) is 0 Å². The predicted molar refractivity (Wildman–Crippen MR) is 85.5 cm³/mol. The van der Waals surface area contributed by atoms with Gasteiger partial charge in [-0.25, -0.2) is 13.1 Å². The van der Waals surface area contributed by atoms with Crippen molar-refractivity contribution < 1.29 is 13.5 Å². The standard InChI is InChI=1S/C15H16BrNO3S/c16-13-6-8-15(9-7-13)21(19,20)17-11-14(18)10-12-4-2-1-3-5-12/h1-9,14,17-18H,10-11H2/t14-/m0/s1. The molecule has 1 atom stereocenters. The quantitative estimate of drug-likeness (QED) is 0.820. The maximum Gasteiger partial charge on any atom is 0.240 e. The lowest BCUT2D eigenvalue weighted by atomic mass is 10.1. The monoisotopic (exact) mass is 369 g/mol. The molecule has 0 amide bonds. The average molecular weight is 370 g/mol. The van der Waals surface area contributed by atoms with E-state index in [1.807, 2.05) is 30.3 Å². The van der Waals surface area contributed by atoms with Crippen molar-refractivity contribution in [2.45, 2.75) is 17.4 Å². The fourth-order valence-corrected chi connectivity index (χ4v) is 3.20. The van der Waals surface area contributed by atoms with Crippen LogP contribution in [0.2, 0.25) is 0 Å². The second-order valence-electron chi connectivity index (χ2n) is 4.65. The minimum Gasteiger partial charge on any atom is -0.391 e. The second-order valence-corrected chi connectivity index (χ2v) is 7.33. The summed E-state index contributed by atoms with van der Waals surface area (Å²) in [6, 6.07) is 15.8. The summed E-state index contributed by atoms with van der Waals surface area (Å²) in [6.45, 7) is -0.0205. The summed E-state index contributed by atoms with van der Waals surface area (Å²) < 4.78 is 27.4. The molecule has 2 N–H and O–H groups in total. The van der Waals surface area contributed by atoms with Crippen LogP contribution in [0.3, 0.4) is 0 Å². The van der Waals surface area contributed by atoms with E-state index in [1.165, 1.54) is 12.1 Å². The van der Waals surface area contributed by atoms with Crippen LogP contribution < -0.4 is 4.72 Å². The van der Waals surface area contributed by atoms with Gasteiger partial charge in [-0.1, -0.05) is 46.3 Å². The molecule has 0 spiro atoms. The predicted octanol–water partition coefficient (Wildman–Crippen LogP) is 2.33. The summed E-state index contributed by atoms with van der Waals surface area (Å²) in [7, 11) is -3.60. The summed E-state index contributed by atoms with van der Waals surface area (Å²) in [5, 5.41) is 9.92. The van der Waals surface area contributed by atoms with Crippen molar-refractivity contribution in [2.75, 3.05) is 6.54 Å². The van der Waals surface area contributed by atoms with Crippen LogP contribution in [-0.4, -0.2) is 26.2 Å². The summed E-state index contributed by atoms with van der Waals surface area (Å²) in [6.07, 6.45) is -0.360. The zero-order chi connectivity index (χ0) is 15.3. The van der Waals surface area contributed by atoms with Crippen LogP contribution in [0, 0.1) is 0 Å². The van der Waals surface area contributed by atoms with Crippen molar-refractivity contribution in [1.82, 2.24) is 4.72 Å². The molecule has 0 fully saturated rings. The molecule has 2 aromatic carbocycles. The van der Waals surface area contributed by atoms with Crippen LogP contribution in [0.5, 0.6) is 0 Å². The number of aliphatic hydroxyl groups is 1. The largest absolute Gasteiger partial charge is 0.391 e. The van der Waals surface area contributed by atoms with E-state index in [2.05, 4.69) is 20.7 Å². The Balaban J connectivity index is 1.94. The van der Waals surface area contributed by atoms with Gasteiger partial charge in [0.05, 0.1) is 11.0 Å². The first kappa shape index (κ1) is 16.2. The first-order chi connectivity index (χ1) is 9.97. The van der Waals surface area contributed by atoms with Gasteiger partial charge in [-0.15, -0.1) is 0 Å². The average Bonchev–Trinajstić information content (AvgIpc) is 2.47. The Morgan fingerprint density at radius 1 is 1.05 bits per heavy atom. The summed E-state index contributed by atoms with van der Waals surface area (Å²) in [5.41, 5.74) is 0.966. The number of halogens is 1. The Hall–Kier alpha value is -1.21. The third-order valence-corrected chi connectivity index (χ3v) is 4.92. The maximum absolute atomic E-state index is 12.1. The van der Waals surface area contributed by atoms with Gasteiger partial charge in [-0.2, -0.15) is 0 Å². The Bertz CT molecular complexity index is 672. The van der Waals surface area contributed by atoms with Crippen LogP contribution in [0.25, 0.3) is 0 Å². The van der Waals surface area contributed by atoms with E-state index in [0.717, 1.165) is 10.0 Å². The highest BCUT2D eigenvalue weighted by molar-refractivity contribution is 9.10. The van der Waals surface area contributed by atoms with Crippen molar-refractivity contribution in [3.05, 3.63) is 64.6 Å². The highest BCUT2D eigenvalue weighted by Crippen LogP contribution is 2.14. The molecule has 0 aliphatic carbocycles. The highest BCUT2D eigenvalue weighted by Gasteiger charge is 2.15. The van der Waals surface area contributed by atoms with Crippen molar-refractivity contribution in [3.8, 4) is 0 Å². The molecule has 0 aliphatic heterocycles. The lowest BCUT2D eigenvalue weighted by Gasteiger charge is -2.12. The number of hydrogen-bond donors (Lipinski definition) is 2. The highest BCUT2D eigenvalue weighted by atomic mass is 79.9. The molecule has 6 heteroatoms. The molecule has 0 aliphatic rings. The van der Waals surface area contributed by atoms with Gasteiger partial charge >= 0.3 is 0 Å². The molecular weight excluding hydrogens is 354 g/mol. The van der Waals surface area contributed by atoms with Crippen molar-refractivity contribution in [1.29, 1.82) is 0 Å². The van der Waals surface area contributed by atoms with E-state index in [1.54, 1.807) is 12.1 Å². The van der Waals surface area contributed by atoms with Crippen LogP contribution in [0.15, 0.2) is 64.0 Å². The zero-order valence-electron chi connectivity index (χ0n) is 11.2. The van der Waals surface area contributed by atoms with E-state index in [-0.39, 0.29) is 11.4 Å². The van der Waals surface area contributed by atoms with E-state index in [0.29, 0.717) is 6.42 Å². The first-order valence-electron chi connectivity index (χ1n) is 6.44. The molecule has 0 heterocycles. The third kappa shape index (κ3) is 4.93. The Morgan fingerprint density at radius 2 is 1.67 bits per heavy atom. The normalized spacial score (nSPS) is 13.0. The molecule has 2 aromatic rings. The van der Waals surface area contributed by atoms with E-state index in [9.17, 15) is 13.5 Å². The lowest BCUT2D eigenvalue weighted by molar-refractivity contribution is 0.179. The van der Waals surface area contributed by atoms with Crippen molar-refractivity contribution in [2.24, 2.45) is 0 Å². The van der Waals surface area contributed by atoms with Gasteiger partial charge in [0.15, 0.2) is 0 Å². The smallest absolute Gasteiger partial charge is 0.240 e. The third-order valence-electron chi connectivity index (χ3n) is 2.95. The van der Waals surface area contributed by atoms with Crippen LogP contribution in [0.4, 0.5) is 0 Å². The molecule has 21 heavy (non-hydrogen) atoms. The van der Waals surface area contributed by atoms with Gasteiger partial charge in [0, 0.05) is 11.0 Å². The number of benzene rings is 2. The van der Waals surface area contributed by atoms with Crippen LogP contribution >= 0.6 is 15.9 Å². The number of aliphatic hydroxyl groups excluding tert-OH is 1. The molecule has 0 unspecified atom stereocenters. The van der Waals surface area contributed by atoms with Gasteiger partial charge in [-0.05, 0) is 36.2 Å². The topological polar surface area (TPSA) is 66.4 Å². The second kappa shape index (κ2) is 7.17. The van der Waals surface area contributed by atoms with Crippen LogP contribution in [0.1, 0.15) is 5.56 Å². The van der Waals surface area contributed by atoms with Crippen LogP contribution in [-0.2, 0) is 16.4 Å². The number of nitrogens with one attached hydrogen (secondary N) is 1. The molecular formula is C15H16BrNO3S. The molecule has 2 rings (SSSR count). The minimum atomic E-state index is -3.60. The summed E-state index contributed by atoms with van der Waals surface area (Å²) in [4.78, 5) is 0.178. The number of rotatable bonds is 6. The summed E-state index contributed by atoms with van der Waals surface area (Å²) >= 11 is 3.26. The minimum absolute atomic E-state index is 0.0205. The molecule has 0 aromatic heterocycles. The molecule has 112 valence electrons. The SMILES string of the molecule is O=S(=O)(NC[C@@H](O)Cc1ccccc1)c1ccc(Br)cc1. The Kier molecular flexibility index (Phi) is 5.52. The fraction of sp³-hybridized carbons (Fsp3) is 0.200. The maximum atomic E-state index is 12.1. The summed E-state index contributed by atoms with van der Waals surface area (Å²) in [5.74, 6) is 0. The first-order valence-corrected chi connectivity index (χ1v) is 8.72. The van der Waals surface area contributed by atoms with E-state index in [4.69, 9.17) is 0 Å². The van der Waals surface area contributed by atoms with Gasteiger partial charge < -0.3 is 5.11 Å². The van der Waals surface area contributed by atoms with Gasteiger partial charge in [0.2, 0.25) is 10.0 Å². The van der Waals surface area contributed by atoms with E-state index < -0.39 is 16.1 Å². The lowest BCUT2D eigenvalue weighted by Crippen LogP contribution is -2.33. The molecule has 0 radical (unpaired) electrons. The van der Waals surface area contributed by atoms with Crippen molar-refractivity contribution >= 4 is 26.0 Å². The fourth-order valence-electron chi connectivity index (χ4n) is 1.86. The van der Waals surface area contributed by atoms with Gasteiger partial charge in [0.1, 0.15) is 0 Å². The number of sulfonamides is 1. The van der Waals surface area contributed by atoms with Crippen molar-refractivity contribution in [3.63, 3.8) is 0 Å².